The molecule has 0 saturated carbocycles. The molecule has 0 aliphatic carbocycles. The van der Waals surface area contributed by atoms with Gasteiger partial charge in [0.2, 0.25) is 5.91 Å². The molecule has 0 radical (unpaired) electrons. The Morgan fingerprint density at radius 1 is 1.32 bits per heavy atom. The van der Waals surface area contributed by atoms with Gasteiger partial charge in [-0.15, -0.1) is 0 Å². The maximum absolute atomic E-state index is 11.9. The lowest BCUT2D eigenvalue weighted by Gasteiger charge is -2.22. The summed E-state index contributed by atoms with van der Waals surface area (Å²) < 4.78 is 0. The van der Waals surface area contributed by atoms with Crippen LogP contribution in [0.4, 0.5) is 11.4 Å². The van der Waals surface area contributed by atoms with Crippen LogP contribution >= 0.6 is 0 Å². The number of likely N-dealkylation sites (N-methyl/N-ethyl adjacent to an activating group) is 1. The van der Waals surface area contributed by atoms with Gasteiger partial charge in [0.1, 0.15) is 0 Å². The summed E-state index contributed by atoms with van der Waals surface area (Å²) in [5, 5.41) is 0. The van der Waals surface area contributed by atoms with E-state index in [1.165, 1.54) is 6.92 Å². The summed E-state index contributed by atoms with van der Waals surface area (Å²) >= 11 is 0. The monoisotopic (exact) mass is 261 g/mol. The zero-order chi connectivity index (χ0) is 14.0. The van der Waals surface area contributed by atoms with Gasteiger partial charge in [-0.05, 0) is 31.5 Å². The number of benzene rings is 1. The summed E-state index contributed by atoms with van der Waals surface area (Å²) in [6.07, 6.45) is 0.919. The van der Waals surface area contributed by atoms with Crippen molar-refractivity contribution in [1.82, 2.24) is 4.90 Å². The number of ketones is 1. The SMILES string of the molecule is CC(=O)c1cc(N2CCCN(C)C(=O)C2)ccc1N. The zero-order valence-electron chi connectivity index (χ0n) is 11.3. The van der Waals surface area contributed by atoms with Crippen LogP contribution in [0, 0.1) is 0 Å². The fraction of sp³-hybridized carbons (Fsp3) is 0.429. The highest BCUT2D eigenvalue weighted by Crippen LogP contribution is 2.23. The minimum absolute atomic E-state index is 0.0578. The van der Waals surface area contributed by atoms with Crippen LogP contribution in [0.3, 0.4) is 0 Å². The van der Waals surface area contributed by atoms with E-state index in [0.717, 1.165) is 25.2 Å². The number of amides is 1. The second-order valence-corrected chi connectivity index (χ2v) is 4.92. The second-order valence-electron chi connectivity index (χ2n) is 4.92. The van der Waals surface area contributed by atoms with E-state index >= 15 is 0 Å². The molecule has 102 valence electrons. The van der Waals surface area contributed by atoms with Crippen LogP contribution in [0.2, 0.25) is 0 Å². The predicted octanol–water partition coefficient (Wildman–Crippen LogP) is 1.14. The highest BCUT2D eigenvalue weighted by Gasteiger charge is 2.20. The number of carbonyl (C=O) groups is 2. The first-order valence-electron chi connectivity index (χ1n) is 6.38. The molecule has 19 heavy (non-hydrogen) atoms. The van der Waals surface area contributed by atoms with Gasteiger partial charge in [-0.25, -0.2) is 0 Å². The first kappa shape index (κ1) is 13.4. The molecule has 5 nitrogen and oxygen atoms in total. The molecule has 0 bridgehead atoms. The van der Waals surface area contributed by atoms with E-state index in [1.54, 1.807) is 17.0 Å². The molecule has 1 heterocycles. The smallest absolute Gasteiger partial charge is 0.241 e. The van der Waals surface area contributed by atoms with Crippen LogP contribution in [0.25, 0.3) is 0 Å². The molecule has 0 unspecified atom stereocenters. The van der Waals surface area contributed by atoms with E-state index in [1.807, 2.05) is 18.0 Å². The van der Waals surface area contributed by atoms with Crippen LogP contribution in [0.1, 0.15) is 23.7 Å². The van der Waals surface area contributed by atoms with Crippen molar-refractivity contribution in [2.24, 2.45) is 0 Å². The largest absolute Gasteiger partial charge is 0.398 e. The third kappa shape index (κ3) is 2.86. The van der Waals surface area contributed by atoms with Gasteiger partial charge in [-0.3, -0.25) is 9.59 Å². The number of hydrogen-bond acceptors (Lipinski definition) is 4. The van der Waals surface area contributed by atoms with Crippen LogP contribution in [-0.4, -0.2) is 43.3 Å². The molecule has 5 heteroatoms. The molecule has 1 fully saturated rings. The Morgan fingerprint density at radius 2 is 2.05 bits per heavy atom. The van der Waals surface area contributed by atoms with E-state index < -0.39 is 0 Å². The minimum Gasteiger partial charge on any atom is -0.398 e. The third-order valence-electron chi connectivity index (χ3n) is 3.45. The first-order chi connectivity index (χ1) is 8.99. The normalized spacial score (nSPS) is 16.4. The molecule has 1 aromatic rings. The molecule has 1 saturated heterocycles. The summed E-state index contributed by atoms with van der Waals surface area (Å²) in [5.74, 6) is 0.0383. The van der Waals surface area contributed by atoms with Gasteiger partial charge in [0, 0.05) is 37.1 Å². The van der Waals surface area contributed by atoms with Gasteiger partial charge in [0.05, 0.1) is 6.54 Å². The molecule has 1 amide bonds. The molecule has 1 aliphatic rings. The molecular weight excluding hydrogens is 242 g/mol. The molecule has 0 aromatic heterocycles. The van der Waals surface area contributed by atoms with Crippen LogP contribution in [-0.2, 0) is 4.79 Å². The maximum Gasteiger partial charge on any atom is 0.241 e. The Kier molecular flexibility index (Phi) is 3.74. The average Bonchev–Trinajstić information content (AvgIpc) is 2.52. The molecular formula is C14H19N3O2. The van der Waals surface area contributed by atoms with Gasteiger partial charge in [-0.1, -0.05) is 0 Å². The zero-order valence-corrected chi connectivity index (χ0v) is 11.3. The highest BCUT2D eigenvalue weighted by molar-refractivity contribution is 6.00. The highest BCUT2D eigenvalue weighted by atomic mass is 16.2. The van der Waals surface area contributed by atoms with Crippen molar-refractivity contribution in [3.63, 3.8) is 0 Å². The Balaban J connectivity index is 2.28. The second kappa shape index (κ2) is 5.30. The van der Waals surface area contributed by atoms with Crippen LogP contribution < -0.4 is 10.6 Å². The van der Waals surface area contributed by atoms with E-state index in [4.69, 9.17) is 5.73 Å². The number of hydrogen-bond donors (Lipinski definition) is 1. The van der Waals surface area contributed by atoms with Crippen molar-refractivity contribution in [3.05, 3.63) is 23.8 Å². The molecule has 0 spiro atoms. The van der Waals surface area contributed by atoms with Gasteiger partial charge in [-0.2, -0.15) is 0 Å². The average molecular weight is 261 g/mol. The Hall–Kier alpha value is -2.04. The predicted molar refractivity (Wildman–Crippen MR) is 75.3 cm³/mol. The van der Waals surface area contributed by atoms with Gasteiger partial charge >= 0.3 is 0 Å². The summed E-state index contributed by atoms with van der Waals surface area (Å²) in [7, 11) is 1.82. The van der Waals surface area contributed by atoms with Gasteiger partial charge in [0.25, 0.3) is 0 Å². The fourth-order valence-corrected chi connectivity index (χ4v) is 2.25. The Bertz CT molecular complexity index is 513. The quantitative estimate of drug-likeness (QED) is 0.640. The lowest BCUT2D eigenvalue weighted by molar-refractivity contribution is -0.127. The molecule has 0 atom stereocenters. The lowest BCUT2D eigenvalue weighted by atomic mass is 10.1. The molecule has 2 rings (SSSR count). The first-order valence-corrected chi connectivity index (χ1v) is 6.38. The van der Waals surface area contributed by atoms with Crippen LogP contribution in [0.5, 0.6) is 0 Å². The van der Waals surface area contributed by atoms with Gasteiger partial charge in [0.15, 0.2) is 5.78 Å². The van der Waals surface area contributed by atoms with Crippen molar-refractivity contribution >= 4 is 23.1 Å². The van der Waals surface area contributed by atoms with Crippen LogP contribution in [0.15, 0.2) is 18.2 Å². The third-order valence-corrected chi connectivity index (χ3v) is 3.45. The number of nitrogens with two attached hydrogens (primary N) is 1. The number of carbonyl (C=O) groups excluding carboxylic acids is 2. The molecule has 2 N–H and O–H groups in total. The minimum atomic E-state index is -0.0578. The number of rotatable bonds is 2. The van der Waals surface area contributed by atoms with Gasteiger partial charge < -0.3 is 15.5 Å². The molecule has 1 aromatic carbocycles. The topological polar surface area (TPSA) is 66.6 Å². The number of nitrogen functional groups attached to an aromatic ring is 1. The van der Waals surface area contributed by atoms with Crippen molar-refractivity contribution < 1.29 is 9.59 Å². The van der Waals surface area contributed by atoms with Crippen molar-refractivity contribution in [1.29, 1.82) is 0 Å². The standard InChI is InChI=1S/C14H19N3O2/c1-10(18)12-8-11(4-5-13(12)15)17-7-3-6-16(2)14(19)9-17/h4-5,8H,3,6-7,9,15H2,1-2H3. The summed E-state index contributed by atoms with van der Waals surface area (Å²) in [4.78, 5) is 27.1. The van der Waals surface area contributed by atoms with E-state index in [0.29, 0.717) is 17.8 Å². The van der Waals surface area contributed by atoms with E-state index in [9.17, 15) is 9.59 Å². The fourth-order valence-electron chi connectivity index (χ4n) is 2.25. The summed E-state index contributed by atoms with van der Waals surface area (Å²) in [6.45, 7) is 3.41. The number of anilines is 2. The van der Waals surface area contributed by atoms with Crippen molar-refractivity contribution in [3.8, 4) is 0 Å². The Labute approximate surface area is 113 Å². The van der Waals surface area contributed by atoms with E-state index in [2.05, 4.69) is 0 Å². The van der Waals surface area contributed by atoms with Crippen molar-refractivity contribution in [2.45, 2.75) is 13.3 Å². The Morgan fingerprint density at radius 3 is 2.74 bits per heavy atom. The molecule has 1 aliphatic heterocycles. The lowest BCUT2D eigenvalue weighted by Crippen LogP contribution is -2.34. The van der Waals surface area contributed by atoms with Crippen molar-refractivity contribution in [2.75, 3.05) is 37.3 Å². The summed E-state index contributed by atoms with van der Waals surface area (Å²) in [6, 6.07) is 5.36. The van der Waals surface area contributed by atoms with E-state index in [-0.39, 0.29) is 11.7 Å². The number of nitrogens with zero attached hydrogens (tertiary/aromatic N) is 2. The summed E-state index contributed by atoms with van der Waals surface area (Å²) in [5.41, 5.74) is 7.66. The maximum atomic E-state index is 11.9. The number of Topliss-reactive ketones (excluding diaryl/α,β-unsaturated/α-hetero) is 1.